The van der Waals surface area contributed by atoms with E-state index in [4.69, 9.17) is 15.7 Å². The summed E-state index contributed by atoms with van der Waals surface area (Å²) in [5.41, 5.74) is 7.29. The largest absolute Gasteiger partial charge is 0.477 e. The molecule has 0 saturated carbocycles. The van der Waals surface area contributed by atoms with E-state index in [1.807, 2.05) is 0 Å². The predicted molar refractivity (Wildman–Crippen MR) is 146 cm³/mol. The van der Waals surface area contributed by atoms with Gasteiger partial charge in [-0.3, -0.25) is 14.5 Å². The molecular formula is C24H23N8O7S2+. The smallest absolute Gasteiger partial charge is 0.352 e. The Hall–Kier alpha value is -4.77. The van der Waals surface area contributed by atoms with Gasteiger partial charge in [0.15, 0.2) is 24.1 Å². The van der Waals surface area contributed by atoms with Crippen molar-refractivity contribution in [2.24, 2.45) is 5.16 Å². The molecule has 1 saturated heterocycles. The Kier molecular flexibility index (Phi) is 7.71. The maximum absolute atomic E-state index is 13.1. The minimum Gasteiger partial charge on any atom is -0.477 e. The summed E-state index contributed by atoms with van der Waals surface area (Å²) >= 11 is 2.20. The summed E-state index contributed by atoms with van der Waals surface area (Å²) < 4.78 is 5.74. The number of fused-ring (bicyclic) bond motifs is 1. The molecule has 2 aliphatic rings. The zero-order valence-corrected chi connectivity index (χ0v) is 22.9. The van der Waals surface area contributed by atoms with Crippen LogP contribution in [-0.2, 0) is 25.8 Å². The fraction of sp³-hybridized carbons (Fsp3) is 0.250. The van der Waals surface area contributed by atoms with Crippen LogP contribution in [0.15, 0.2) is 53.2 Å². The van der Waals surface area contributed by atoms with E-state index in [0.717, 1.165) is 17.1 Å². The number of rotatable bonds is 10. The standard InChI is InChI=1S/C24H22N8O7S2/c1-2-39-29-15(18-28-24(25)41-30-18)19(33)27-16-20(34)32-17(23(37)38)13(10-40-21(16)32)9-31-5-3-11(4-6-31)12-7-14(22(35)36)26-8-12/h3-8,16,21H,2,9-10H2,1H3,(H5,25,27,28,30,33,35,36,37,38)/p+1/b29-15-/t16-,21-/m1/s1. The number of carbonyl (C=O) groups is 4. The van der Waals surface area contributed by atoms with Crippen molar-refractivity contribution in [2.75, 3.05) is 18.1 Å². The molecule has 5 rings (SSSR count). The first kappa shape index (κ1) is 27.8. The fourth-order valence-corrected chi connectivity index (χ4v) is 6.09. The quantitative estimate of drug-likeness (QED) is 0.0922. The molecule has 212 valence electrons. The SMILES string of the molecule is CCO/N=C(\C(=O)N[C@@H]1C(=O)N2C(C(=O)O)=C(C[n+]3ccc(-c4c[nH]c(C(=O)O)c4)cc3)CS[C@H]12)c1nsc(N)n1. The number of hydrogen-bond acceptors (Lipinski definition) is 11. The van der Waals surface area contributed by atoms with Gasteiger partial charge < -0.3 is 31.1 Å². The van der Waals surface area contributed by atoms with Crippen molar-refractivity contribution in [2.45, 2.75) is 24.9 Å². The Balaban J connectivity index is 1.31. The van der Waals surface area contributed by atoms with Gasteiger partial charge >= 0.3 is 11.9 Å². The second kappa shape index (κ2) is 11.4. The second-order valence-corrected chi connectivity index (χ2v) is 10.7. The van der Waals surface area contributed by atoms with Crippen LogP contribution in [0.3, 0.4) is 0 Å². The van der Waals surface area contributed by atoms with Crippen LogP contribution in [0.1, 0.15) is 23.2 Å². The number of aromatic carboxylic acids is 1. The van der Waals surface area contributed by atoms with Gasteiger partial charge in [-0.15, -0.1) is 11.8 Å². The van der Waals surface area contributed by atoms with Crippen LogP contribution in [0.5, 0.6) is 0 Å². The summed E-state index contributed by atoms with van der Waals surface area (Å²) in [6.45, 7) is 2.06. The molecule has 0 aromatic carbocycles. The zero-order valence-electron chi connectivity index (χ0n) is 21.3. The summed E-state index contributed by atoms with van der Waals surface area (Å²) in [7, 11) is 0. The van der Waals surface area contributed by atoms with Crippen LogP contribution < -0.4 is 15.6 Å². The Labute approximate surface area is 239 Å². The summed E-state index contributed by atoms with van der Waals surface area (Å²) in [5.74, 6) is -3.39. The van der Waals surface area contributed by atoms with Crippen LogP contribution in [0.2, 0.25) is 0 Å². The number of carbonyl (C=O) groups excluding carboxylic acids is 2. The summed E-state index contributed by atoms with van der Waals surface area (Å²) in [5, 5.41) is 25.0. The van der Waals surface area contributed by atoms with Gasteiger partial charge in [-0.2, -0.15) is 9.36 Å². The number of oxime groups is 1. The van der Waals surface area contributed by atoms with Crippen molar-refractivity contribution >= 4 is 57.9 Å². The number of aromatic nitrogens is 4. The van der Waals surface area contributed by atoms with Crippen LogP contribution in [0.25, 0.3) is 11.1 Å². The molecule has 2 amide bonds. The minimum absolute atomic E-state index is 0.0475. The molecular weight excluding hydrogens is 576 g/mol. The van der Waals surface area contributed by atoms with Crippen molar-refractivity contribution < 1.29 is 38.8 Å². The minimum atomic E-state index is -1.25. The number of nitrogens with one attached hydrogen (secondary N) is 2. The number of nitrogens with zero attached hydrogens (tertiary/aromatic N) is 5. The molecule has 17 heteroatoms. The lowest BCUT2D eigenvalue weighted by molar-refractivity contribution is -0.689. The molecule has 2 aliphatic heterocycles. The highest BCUT2D eigenvalue weighted by Gasteiger charge is 2.54. The summed E-state index contributed by atoms with van der Waals surface area (Å²) in [4.78, 5) is 62.3. The normalized spacial score (nSPS) is 18.5. The zero-order chi connectivity index (χ0) is 29.3. The number of thioether (sulfide) groups is 1. The highest BCUT2D eigenvalue weighted by Crippen LogP contribution is 2.40. The molecule has 15 nitrogen and oxygen atoms in total. The number of nitrogens with two attached hydrogens (primary N) is 1. The van der Waals surface area contributed by atoms with E-state index >= 15 is 0 Å². The number of carboxylic acids is 2. The number of aromatic amines is 1. The van der Waals surface area contributed by atoms with Crippen molar-refractivity contribution in [3.8, 4) is 11.1 Å². The van der Waals surface area contributed by atoms with E-state index in [9.17, 15) is 24.3 Å². The van der Waals surface area contributed by atoms with Gasteiger partial charge in [0.1, 0.15) is 29.4 Å². The van der Waals surface area contributed by atoms with Crippen molar-refractivity contribution in [1.82, 2.24) is 24.6 Å². The molecule has 0 bridgehead atoms. The maximum Gasteiger partial charge on any atom is 0.352 e. The lowest BCUT2D eigenvalue weighted by Crippen LogP contribution is -2.71. The van der Waals surface area contributed by atoms with Gasteiger partial charge in [0.2, 0.25) is 11.5 Å². The third-order valence-corrected chi connectivity index (χ3v) is 8.08. The monoisotopic (exact) mass is 599 g/mol. The van der Waals surface area contributed by atoms with Gasteiger partial charge in [0, 0.05) is 46.8 Å². The van der Waals surface area contributed by atoms with E-state index in [-0.39, 0.29) is 41.2 Å². The van der Waals surface area contributed by atoms with E-state index in [1.54, 1.807) is 42.2 Å². The van der Waals surface area contributed by atoms with Crippen LogP contribution >= 0.6 is 23.3 Å². The second-order valence-electron chi connectivity index (χ2n) is 8.80. The molecule has 6 N–H and O–H groups in total. The van der Waals surface area contributed by atoms with E-state index in [0.29, 0.717) is 16.9 Å². The van der Waals surface area contributed by atoms with Crippen LogP contribution in [-0.4, -0.2) is 82.7 Å². The molecule has 0 unspecified atom stereocenters. The molecule has 41 heavy (non-hydrogen) atoms. The Morgan fingerprint density at radius 3 is 2.63 bits per heavy atom. The lowest BCUT2D eigenvalue weighted by atomic mass is 10.0. The number of hydrogen-bond donors (Lipinski definition) is 5. The summed E-state index contributed by atoms with van der Waals surface area (Å²) in [6.07, 6.45) is 5.07. The molecule has 0 aliphatic carbocycles. The maximum atomic E-state index is 13.1. The van der Waals surface area contributed by atoms with Gasteiger partial charge in [-0.25, -0.2) is 14.2 Å². The lowest BCUT2D eigenvalue weighted by Gasteiger charge is -2.49. The Morgan fingerprint density at radius 1 is 1.27 bits per heavy atom. The van der Waals surface area contributed by atoms with E-state index in [2.05, 4.69) is 24.8 Å². The Bertz CT molecular complexity index is 1600. The molecule has 1 fully saturated rings. The van der Waals surface area contributed by atoms with Gasteiger partial charge in [0.05, 0.1) is 0 Å². The number of anilines is 1. The van der Waals surface area contributed by atoms with Gasteiger partial charge in [-0.05, 0) is 18.6 Å². The number of aliphatic carboxylic acids is 1. The van der Waals surface area contributed by atoms with Crippen molar-refractivity contribution in [1.29, 1.82) is 0 Å². The van der Waals surface area contributed by atoms with Crippen molar-refractivity contribution in [3.63, 3.8) is 0 Å². The van der Waals surface area contributed by atoms with E-state index < -0.39 is 35.2 Å². The average molecular weight is 600 g/mol. The van der Waals surface area contributed by atoms with E-state index in [1.165, 1.54) is 22.7 Å². The van der Waals surface area contributed by atoms with Crippen molar-refractivity contribution in [3.05, 3.63) is 59.6 Å². The topological polar surface area (TPSA) is 217 Å². The molecule has 0 spiro atoms. The summed E-state index contributed by atoms with van der Waals surface area (Å²) in [6, 6.07) is 4.09. The molecule has 0 radical (unpaired) electrons. The molecule has 5 heterocycles. The van der Waals surface area contributed by atoms with Crippen LogP contribution in [0, 0.1) is 0 Å². The molecule has 2 atom stereocenters. The first-order chi connectivity index (χ1) is 19.7. The third kappa shape index (κ3) is 5.48. The number of H-pyrrole nitrogens is 1. The van der Waals surface area contributed by atoms with Gasteiger partial charge in [-0.1, -0.05) is 5.16 Å². The number of carboxylic acid groups (broad SMARTS) is 2. The highest BCUT2D eigenvalue weighted by molar-refractivity contribution is 8.00. The average Bonchev–Trinajstić information content (AvgIpc) is 3.62. The number of nitrogen functional groups attached to an aromatic ring is 1. The predicted octanol–water partition coefficient (Wildman–Crippen LogP) is 0.281. The first-order valence-electron chi connectivity index (χ1n) is 12.1. The molecule has 3 aromatic heterocycles. The number of amides is 2. The van der Waals surface area contributed by atoms with Crippen LogP contribution in [0.4, 0.5) is 5.13 Å². The fourth-order valence-electron chi connectivity index (χ4n) is 4.32. The molecule has 3 aromatic rings. The highest BCUT2D eigenvalue weighted by atomic mass is 32.2. The Morgan fingerprint density at radius 2 is 2.02 bits per heavy atom. The van der Waals surface area contributed by atoms with Gasteiger partial charge in [0.25, 0.3) is 11.8 Å². The number of β-lactam (4-membered cyclic amide) rings is 1. The number of pyridine rings is 1. The first-order valence-corrected chi connectivity index (χ1v) is 13.9. The third-order valence-electron chi connectivity index (χ3n) is 6.20.